The fourth-order valence-corrected chi connectivity index (χ4v) is 4.62. The maximum Gasteiger partial charge on any atom is 0.323 e. The maximum absolute atomic E-state index is 11.5. The Hall–Kier alpha value is -4.52. The van der Waals surface area contributed by atoms with Crippen LogP contribution in [0.25, 0.3) is 23.1 Å². The molecule has 208 valence electrons. The number of para-hydroxylation sites is 2. The van der Waals surface area contributed by atoms with Gasteiger partial charge in [0, 0.05) is 18.0 Å². The van der Waals surface area contributed by atoms with Gasteiger partial charge in [-0.15, -0.1) is 0 Å². The molecule has 3 aromatic carbocycles. The number of nitrogens with zero attached hydrogens (tertiary/aromatic N) is 1. The van der Waals surface area contributed by atoms with Crippen molar-refractivity contribution in [3.63, 3.8) is 0 Å². The lowest BCUT2D eigenvalue weighted by Gasteiger charge is -2.08. The summed E-state index contributed by atoms with van der Waals surface area (Å²) < 4.78 is 13.3. The molecule has 1 heterocycles. The van der Waals surface area contributed by atoms with E-state index in [0.717, 1.165) is 58.4 Å². The summed E-state index contributed by atoms with van der Waals surface area (Å²) in [6.07, 6.45) is 9.85. The molecule has 40 heavy (non-hydrogen) atoms. The molecule has 0 saturated carbocycles. The van der Waals surface area contributed by atoms with Crippen molar-refractivity contribution in [2.75, 3.05) is 13.2 Å². The third kappa shape index (κ3) is 8.50. The first kappa shape index (κ1) is 28.5. The topological polar surface area (TPSA) is 98.0 Å². The summed E-state index contributed by atoms with van der Waals surface area (Å²) in [7, 11) is 0. The molecular formula is C33H35NO6. The van der Waals surface area contributed by atoms with Crippen molar-refractivity contribution < 1.29 is 29.3 Å². The van der Waals surface area contributed by atoms with Gasteiger partial charge >= 0.3 is 11.9 Å². The molecule has 0 radical (unpaired) electrons. The zero-order valence-electron chi connectivity index (χ0n) is 22.5. The first-order chi connectivity index (χ1) is 19.5. The van der Waals surface area contributed by atoms with Crippen LogP contribution in [0.15, 0.2) is 79.0 Å². The molecule has 0 bridgehead atoms. The summed E-state index contributed by atoms with van der Waals surface area (Å²) in [4.78, 5) is 22.4. The average molecular weight is 542 g/mol. The lowest BCUT2D eigenvalue weighted by atomic mass is 10.0. The Labute approximate surface area is 234 Å². The van der Waals surface area contributed by atoms with E-state index in [-0.39, 0.29) is 13.0 Å². The van der Waals surface area contributed by atoms with Gasteiger partial charge in [-0.25, -0.2) is 0 Å². The molecule has 0 spiro atoms. The van der Waals surface area contributed by atoms with Crippen molar-refractivity contribution in [2.24, 2.45) is 0 Å². The summed E-state index contributed by atoms with van der Waals surface area (Å²) in [5, 5.41) is 19.4. The van der Waals surface area contributed by atoms with Crippen molar-refractivity contribution in [1.29, 1.82) is 0 Å². The van der Waals surface area contributed by atoms with Gasteiger partial charge < -0.3 is 24.3 Å². The van der Waals surface area contributed by atoms with Gasteiger partial charge in [0.05, 0.1) is 18.7 Å². The van der Waals surface area contributed by atoms with E-state index in [1.807, 2.05) is 91.1 Å². The lowest BCUT2D eigenvalue weighted by molar-refractivity contribution is -0.138. The van der Waals surface area contributed by atoms with Gasteiger partial charge in [-0.05, 0) is 73.1 Å². The maximum atomic E-state index is 11.5. The molecule has 4 aromatic rings. The number of rotatable bonds is 16. The van der Waals surface area contributed by atoms with Crippen molar-refractivity contribution in [3.05, 3.63) is 95.7 Å². The van der Waals surface area contributed by atoms with Crippen molar-refractivity contribution in [2.45, 2.75) is 45.1 Å². The standard InChI is InChI=1S/C33H35NO6/c35-31(36)14-5-4-9-27-23-34(24-32(37)38)33-26(10-8-13-30(27)33)18-15-25-16-19-29(20-17-25)40-22-7-6-21-39-28-11-2-1-3-12-28/h1-3,8,10-13,15-20,23H,4-7,9,14,21-22,24H2,(H,35,36)(H,37,38)/b18-15+. The molecular weight excluding hydrogens is 506 g/mol. The molecule has 4 rings (SSSR count). The number of aryl methyl sites for hydroxylation is 1. The molecule has 0 atom stereocenters. The van der Waals surface area contributed by atoms with Crippen LogP contribution in [0.1, 0.15) is 48.8 Å². The first-order valence-corrected chi connectivity index (χ1v) is 13.6. The highest BCUT2D eigenvalue weighted by molar-refractivity contribution is 5.94. The predicted molar refractivity (Wildman–Crippen MR) is 157 cm³/mol. The molecule has 0 aliphatic rings. The predicted octanol–water partition coefficient (Wildman–Crippen LogP) is 6.93. The SMILES string of the molecule is O=C(O)CCCCc1cn(CC(=O)O)c2c(/C=C/c3ccc(OCCCCOc4ccccc4)cc3)cccc12. The van der Waals surface area contributed by atoms with Crippen LogP contribution >= 0.6 is 0 Å². The highest BCUT2D eigenvalue weighted by Gasteiger charge is 2.13. The van der Waals surface area contributed by atoms with Gasteiger partial charge in [0.2, 0.25) is 0 Å². The third-order valence-corrected chi connectivity index (χ3v) is 6.56. The number of ether oxygens (including phenoxy) is 2. The number of fused-ring (bicyclic) bond motifs is 1. The van der Waals surface area contributed by atoms with Gasteiger partial charge in [-0.1, -0.05) is 60.7 Å². The molecule has 0 aliphatic carbocycles. The van der Waals surface area contributed by atoms with E-state index >= 15 is 0 Å². The largest absolute Gasteiger partial charge is 0.494 e. The molecule has 0 fully saturated rings. The van der Waals surface area contributed by atoms with Crippen molar-refractivity contribution in [3.8, 4) is 11.5 Å². The summed E-state index contributed by atoms with van der Waals surface area (Å²) in [6, 6.07) is 23.6. The van der Waals surface area contributed by atoms with E-state index in [0.29, 0.717) is 26.1 Å². The minimum absolute atomic E-state index is 0.134. The van der Waals surface area contributed by atoms with Gasteiger partial charge in [-0.2, -0.15) is 0 Å². The summed E-state index contributed by atoms with van der Waals surface area (Å²) >= 11 is 0. The number of hydrogen-bond acceptors (Lipinski definition) is 4. The van der Waals surface area contributed by atoms with E-state index in [1.54, 1.807) is 4.57 Å². The molecule has 2 N–H and O–H groups in total. The normalized spacial score (nSPS) is 11.2. The molecule has 1 aromatic heterocycles. The summed E-state index contributed by atoms with van der Waals surface area (Å²) in [5.74, 6) is -0.0183. The number of aliphatic carboxylic acids is 2. The second-order valence-electron chi connectivity index (χ2n) is 9.64. The van der Waals surface area contributed by atoms with Crippen LogP contribution < -0.4 is 9.47 Å². The van der Waals surface area contributed by atoms with Gasteiger partial charge in [0.15, 0.2) is 0 Å². The van der Waals surface area contributed by atoms with Crippen LogP contribution in [-0.4, -0.2) is 39.9 Å². The van der Waals surface area contributed by atoms with Crippen LogP contribution in [-0.2, 0) is 22.6 Å². The number of carbonyl (C=O) groups is 2. The minimum atomic E-state index is -0.910. The molecule has 0 aliphatic heterocycles. The Bertz CT molecular complexity index is 1420. The van der Waals surface area contributed by atoms with Crippen molar-refractivity contribution in [1.82, 2.24) is 4.57 Å². The van der Waals surface area contributed by atoms with Crippen LogP contribution in [0, 0.1) is 0 Å². The Morgan fingerprint density at radius 1 is 0.725 bits per heavy atom. The molecule has 0 saturated heterocycles. The number of carboxylic acids is 2. The van der Waals surface area contributed by atoms with Crippen molar-refractivity contribution >= 4 is 35.0 Å². The van der Waals surface area contributed by atoms with E-state index in [2.05, 4.69) is 0 Å². The Balaban J connectivity index is 1.35. The Morgan fingerprint density at radius 2 is 1.43 bits per heavy atom. The Kier molecular flexibility index (Phi) is 10.4. The zero-order valence-corrected chi connectivity index (χ0v) is 22.5. The van der Waals surface area contributed by atoms with E-state index in [4.69, 9.17) is 14.6 Å². The Morgan fingerprint density at radius 3 is 2.10 bits per heavy atom. The van der Waals surface area contributed by atoms with Gasteiger partial charge in [0.25, 0.3) is 0 Å². The molecule has 0 unspecified atom stereocenters. The van der Waals surface area contributed by atoms with Crippen LogP contribution in [0.2, 0.25) is 0 Å². The van der Waals surface area contributed by atoms with E-state index < -0.39 is 11.9 Å². The van der Waals surface area contributed by atoms with Crippen LogP contribution in [0.4, 0.5) is 0 Å². The number of benzene rings is 3. The summed E-state index contributed by atoms with van der Waals surface area (Å²) in [5.41, 5.74) is 3.83. The van der Waals surface area contributed by atoms with Crippen LogP contribution in [0.5, 0.6) is 11.5 Å². The first-order valence-electron chi connectivity index (χ1n) is 13.6. The highest BCUT2D eigenvalue weighted by Crippen LogP contribution is 2.28. The smallest absolute Gasteiger partial charge is 0.323 e. The fraction of sp³-hybridized carbons (Fsp3) is 0.273. The quantitative estimate of drug-likeness (QED) is 0.118. The third-order valence-electron chi connectivity index (χ3n) is 6.56. The number of unbranched alkanes of at least 4 members (excludes halogenated alkanes) is 2. The number of carboxylic acid groups (broad SMARTS) is 2. The van der Waals surface area contributed by atoms with Gasteiger partial charge in [0.1, 0.15) is 18.0 Å². The van der Waals surface area contributed by atoms with E-state index in [1.165, 1.54) is 0 Å². The monoisotopic (exact) mass is 541 g/mol. The average Bonchev–Trinajstić information content (AvgIpc) is 3.30. The van der Waals surface area contributed by atoms with Gasteiger partial charge in [-0.3, -0.25) is 9.59 Å². The second kappa shape index (κ2) is 14.6. The van der Waals surface area contributed by atoms with E-state index in [9.17, 15) is 14.7 Å². The molecule has 0 amide bonds. The zero-order chi connectivity index (χ0) is 28.2. The number of aromatic nitrogens is 1. The second-order valence-corrected chi connectivity index (χ2v) is 9.64. The molecule has 7 nitrogen and oxygen atoms in total. The summed E-state index contributed by atoms with van der Waals surface area (Å²) in [6.45, 7) is 1.14. The minimum Gasteiger partial charge on any atom is -0.494 e. The molecule has 7 heteroatoms. The fourth-order valence-electron chi connectivity index (χ4n) is 4.62. The number of hydrogen-bond donors (Lipinski definition) is 2. The highest BCUT2D eigenvalue weighted by atomic mass is 16.5. The van der Waals surface area contributed by atoms with Crippen LogP contribution in [0.3, 0.4) is 0 Å². The lowest BCUT2D eigenvalue weighted by Crippen LogP contribution is -2.07.